The van der Waals surface area contributed by atoms with Gasteiger partial charge in [-0.05, 0) is 97.2 Å². The van der Waals surface area contributed by atoms with Gasteiger partial charge in [0, 0.05) is 0 Å². The summed E-state index contributed by atoms with van der Waals surface area (Å²) in [6.45, 7) is 12.6. The van der Waals surface area contributed by atoms with Crippen LogP contribution in [0.3, 0.4) is 0 Å². The van der Waals surface area contributed by atoms with E-state index in [0.717, 1.165) is 41.9 Å². The van der Waals surface area contributed by atoms with Crippen molar-refractivity contribution in [3.63, 3.8) is 0 Å². The molecule has 4 aliphatic carbocycles. The molecule has 1 N–H and O–H groups in total. The van der Waals surface area contributed by atoms with Crippen LogP contribution in [0.25, 0.3) is 0 Å². The van der Waals surface area contributed by atoms with E-state index in [0.29, 0.717) is 16.7 Å². The smallest absolute Gasteiger partial charge is 0.0724 e. The molecule has 0 aliphatic heterocycles. The molecule has 9 atom stereocenters. The second kappa shape index (κ2) is 7.75. The summed E-state index contributed by atoms with van der Waals surface area (Å²) in [5.41, 5.74) is 0.948. The Kier molecular flexibility index (Phi) is 5.80. The zero-order valence-corrected chi connectivity index (χ0v) is 19.3. The predicted molar refractivity (Wildman–Crippen MR) is 119 cm³/mol. The molecule has 0 amide bonds. The van der Waals surface area contributed by atoms with Crippen LogP contribution in [0.2, 0.25) is 0 Å². The number of hydrogen-bond donors (Lipinski definition) is 1. The molecule has 0 aromatic carbocycles. The van der Waals surface area contributed by atoms with Crippen molar-refractivity contribution in [2.45, 2.75) is 105 Å². The van der Waals surface area contributed by atoms with E-state index in [2.05, 4.69) is 46.8 Å². The molecular formula is C27H46O. The number of aliphatic hydroxyl groups is 1. The summed E-state index contributed by atoms with van der Waals surface area (Å²) in [7, 11) is 0. The Morgan fingerprint density at radius 2 is 1.75 bits per heavy atom. The van der Waals surface area contributed by atoms with Crippen molar-refractivity contribution >= 4 is 0 Å². The molecule has 1 nitrogen and oxygen atoms in total. The van der Waals surface area contributed by atoms with Gasteiger partial charge < -0.3 is 5.11 Å². The van der Waals surface area contributed by atoms with Gasteiger partial charge in [-0.2, -0.15) is 0 Å². The molecule has 0 spiro atoms. The van der Waals surface area contributed by atoms with Crippen LogP contribution < -0.4 is 0 Å². The van der Waals surface area contributed by atoms with Gasteiger partial charge >= 0.3 is 0 Å². The monoisotopic (exact) mass is 386 g/mol. The van der Waals surface area contributed by atoms with Gasteiger partial charge in [0.05, 0.1) is 6.10 Å². The Labute approximate surface area is 174 Å². The second-order valence-electron chi connectivity index (χ2n) is 12.2. The largest absolute Gasteiger partial charge is 0.389 e. The topological polar surface area (TPSA) is 20.2 Å². The Hall–Kier alpha value is -0.300. The van der Waals surface area contributed by atoms with E-state index >= 15 is 0 Å². The summed E-state index contributed by atoms with van der Waals surface area (Å²) in [4.78, 5) is 0. The molecule has 3 fully saturated rings. The fourth-order valence-corrected chi connectivity index (χ4v) is 8.81. The zero-order valence-electron chi connectivity index (χ0n) is 19.3. The molecule has 4 rings (SSSR count). The van der Waals surface area contributed by atoms with Crippen molar-refractivity contribution in [2.75, 3.05) is 0 Å². The van der Waals surface area contributed by atoms with E-state index < -0.39 is 0 Å². The SMILES string of the molecule is CC(C)CCC[C@@H](C)[C@H]1CC[C@H]2[C@@H]3CCC4CC(O)C=C[C@]4(C)[C@H]3CC[C@]12C. The number of allylic oxidation sites excluding steroid dienone is 1. The molecule has 0 aromatic rings. The van der Waals surface area contributed by atoms with Crippen LogP contribution >= 0.6 is 0 Å². The van der Waals surface area contributed by atoms with Crippen LogP contribution in [0, 0.1) is 52.3 Å². The van der Waals surface area contributed by atoms with E-state index in [9.17, 15) is 5.11 Å². The van der Waals surface area contributed by atoms with Crippen molar-refractivity contribution in [1.29, 1.82) is 0 Å². The summed E-state index contributed by atoms with van der Waals surface area (Å²) in [6.07, 6.45) is 18.3. The van der Waals surface area contributed by atoms with Crippen molar-refractivity contribution in [1.82, 2.24) is 0 Å². The first kappa shape index (κ1) is 21.0. The molecule has 0 radical (unpaired) electrons. The molecule has 160 valence electrons. The van der Waals surface area contributed by atoms with E-state index in [1.54, 1.807) is 0 Å². The molecule has 2 unspecified atom stereocenters. The van der Waals surface area contributed by atoms with Crippen molar-refractivity contribution in [3.8, 4) is 0 Å². The summed E-state index contributed by atoms with van der Waals surface area (Å²) >= 11 is 0. The lowest BCUT2D eigenvalue weighted by molar-refractivity contribution is -0.0907. The van der Waals surface area contributed by atoms with Gasteiger partial charge in [0.15, 0.2) is 0 Å². The first-order valence-electron chi connectivity index (χ1n) is 12.6. The molecule has 0 saturated heterocycles. The van der Waals surface area contributed by atoms with Gasteiger partial charge in [-0.1, -0.05) is 66.0 Å². The van der Waals surface area contributed by atoms with Gasteiger partial charge in [-0.25, -0.2) is 0 Å². The number of aliphatic hydroxyl groups excluding tert-OH is 1. The van der Waals surface area contributed by atoms with Crippen LogP contribution in [-0.2, 0) is 0 Å². The highest BCUT2D eigenvalue weighted by Crippen LogP contribution is 2.67. The summed E-state index contributed by atoms with van der Waals surface area (Å²) in [5.74, 6) is 6.19. The highest BCUT2D eigenvalue weighted by Gasteiger charge is 2.59. The Bertz CT molecular complexity index is 579. The Morgan fingerprint density at radius 3 is 2.50 bits per heavy atom. The Balaban J connectivity index is 1.48. The molecule has 0 heterocycles. The molecule has 0 bridgehead atoms. The fourth-order valence-electron chi connectivity index (χ4n) is 8.81. The average Bonchev–Trinajstić information content (AvgIpc) is 2.99. The first-order valence-corrected chi connectivity index (χ1v) is 12.6. The highest BCUT2D eigenvalue weighted by atomic mass is 16.3. The zero-order chi connectivity index (χ0) is 20.1. The molecule has 4 aliphatic rings. The molecule has 28 heavy (non-hydrogen) atoms. The molecule has 3 saturated carbocycles. The van der Waals surface area contributed by atoms with Crippen molar-refractivity contribution in [2.24, 2.45) is 52.3 Å². The maximum absolute atomic E-state index is 10.2. The van der Waals surface area contributed by atoms with Crippen molar-refractivity contribution < 1.29 is 5.11 Å². The van der Waals surface area contributed by atoms with Gasteiger partial charge in [0.25, 0.3) is 0 Å². The Morgan fingerprint density at radius 1 is 0.964 bits per heavy atom. The quantitative estimate of drug-likeness (QED) is 0.493. The van der Waals surface area contributed by atoms with Gasteiger partial charge in [0.2, 0.25) is 0 Å². The standard InChI is InChI=1S/C27H46O/c1-18(2)7-6-8-19(3)23-11-12-24-22-10-9-20-17-21(28)13-15-26(20,4)25(22)14-16-27(23,24)5/h13,15,18-25,28H,6-12,14,16-17H2,1-5H3/t19-,20?,21?,22+,23-,24+,25+,26+,27-/m1/s1. The van der Waals surface area contributed by atoms with Crippen LogP contribution in [0.4, 0.5) is 0 Å². The lowest BCUT2D eigenvalue weighted by Gasteiger charge is -2.59. The third-order valence-electron chi connectivity index (χ3n) is 10.4. The third kappa shape index (κ3) is 3.42. The predicted octanol–water partition coefficient (Wildman–Crippen LogP) is 7.24. The van der Waals surface area contributed by atoms with Gasteiger partial charge in [0.1, 0.15) is 0 Å². The minimum absolute atomic E-state index is 0.189. The molecule has 1 heteroatoms. The first-order chi connectivity index (χ1) is 13.3. The minimum Gasteiger partial charge on any atom is -0.389 e. The second-order valence-corrected chi connectivity index (χ2v) is 12.2. The molecular weight excluding hydrogens is 340 g/mol. The number of fused-ring (bicyclic) bond motifs is 5. The highest BCUT2D eigenvalue weighted by molar-refractivity contribution is 5.17. The summed E-state index contributed by atoms with van der Waals surface area (Å²) in [5, 5.41) is 10.2. The maximum atomic E-state index is 10.2. The van der Waals surface area contributed by atoms with Gasteiger partial charge in [-0.3, -0.25) is 0 Å². The van der Waals surface area contributed by atoms with E-state index in [4.69, 9.17) is 0 Å². The lowest BCUT2D eigenvalue weighted by atomic mass is 9.45. The average molecular weight is 387 g/mol. The number of hydrogen-bond acceptors (Lipinski definition) is 1. The van der Waals surface area contributed by atoms with Crippen LogP contribution in [0.5, 0.6) is 0 Å². The van der Waals surface area contributed by atoms with E-state index in [-0.39, 0.29) is 6.10 Å². The number of rotatable bonds is 5. The van der Waals surface area contributed by atoms with E-state index in [1.807, 2.05) is 0 Å². The van der Waals surface area contributed by atoms with Crippen LogP contribution in [-0.4, -0.2) is 11.2 Å². The maximum Gasteiger partial charge on any atom is 0.0724 e. The van der Waals surface area contributed by atoms with Crippen LogP contribution in [0.1, 0.15) is 98.8 Å². The molecule has 0 aromatic heterocycles. The minimum atomic E-state index is -0.189. The third-order valence-corrected chi connectivity index (χ3v) is 10.4. The fraction of sp³-hybridized carbons (Fsp3) is 0.926. The van der Waals surface area contributed by atoms with Crippen LogP contribution in [0.15, 0.2) is 12.2 Å². The van der Waals surface area contributed by atoms with Crippen molar-refractivity contribution in [3.05, 3.63) is 12.2 Å². The summed E-state index contributed by atoms with van der Waals surface area (Å²) in [6, 6.07) is 0. The summed E-state index contributed by atoms with van der Waals surface area (Å²) < 4.78 is 0. The van der Waals surface area contributed by atoms with E-state index in [1.165, 1.54) is 57.8 Å². The van der Waals surface area contributed by atoms with Gasteiger partial charge in [-0.15, -0.1) is 0 Å². The lowest BCUT2D eigenvalue weighted by Crippen LogP contribution is -2.52. The normalized spacial score (nSPS) is 48.8.